The molecule has 2 rings (SSSR count). The normalized spacial score (nSPS) is 11.2. The van der Waals surface area contributed by atoms with E-state index in [4.69, 9.17) is 10.2 Å². The summed E-state index contributed by atoms with van der Waals surface area (Å²) in [6.45, 7) is 2.49. The van der Waals surface area contributed by atoms with Gasteiger partial charge in [-0.25, -0.2) is 4.98 Å². The number of aliphatic hydroxyl groups is 2. The maximum Gasteiger partial charge on any atom is 0.123 e. The van der Waals surface area contributed by atoms with Crippen LogP contribution in [0.4, 0.5) is 0 Å². The summed E-state index contributed by atoms with van der Waals surface area (Å²) in [5.41, 5.74) is 1.13. The van der Waals surface area contributed by atoms with Gasteiger partial charge in [-0.3, -0.25) is 4.90 Å². The number of aliphatic hydroxyl groups excluding tert-OH is 2. The van der Waals surface area contributed by atoms with Crippen molar-refractivity contribution in [2.24, 2.45) is 0 Å². The van der Waals surface area contributed by atoms with Crippen molar-refractivity contribution in [1.82, 2.24) is 9.88 Å². The molecule has 2 N–H and O–H groups in total. The third kappa shape index (κ3) is 4.38. The Morgan fingerprint density at radius 3 is 2.55 bits per heavy atom. The molecular formula is C15H20N2O2S. The predicted molar refractivity (Wildman–Crippen MR) is 81.6 cm³/mol. The van der Waals surface area contributed by atoms with Crippen molar-refractivity contribution in [3.05, 3.63) is 41.4 Å². The van der Waals surface area contributed by atoms with Gasteiger partial charge in [-0.2, -0.15) is 0 Å². The topological polar surface area (TPSA) is 56.6 Å². The van der Waals surface area contributed by atoms with Crippen molar-refractivity contribution in [3.8, 4) is 10.6 Å². The lowest BCUT2D eigenvalue weighted by molar-refractivity contribution is 0.175. The van der Waals surface area contributed by atoms with Gasteiger partial charge in [0.05, 0.1) is 6.61 Å². The first-order valence-electron chi connectivity index (χ1n) is 6.77. The Morgan fingerprint density at radius 1 is 1.05 bits per heavy atom. The molecule has 4 nitrogen and oxygen atoms in total. The average Bonchev–Trinajstić information content (AvgIpc) is 2.94. The highest BCUT2D eigenvalue weighted by molar-refractivity contribution is 7.15. The van der Waals surface area contributed by atoms with Gasteiger partial charge in [0, 0.05) is 42.9 Å². The second-order valence-electron chi connectivity index (χ2n) is 4.57. The molecule has 1 aromatic heterocycles. The Kier molecular flexibility index (Phi) is 6.14. The molecule has 0 saturated heterocycles. The molecule has 2 aromatic rings. The van der Waals surface area contributed by atoms with E-state index >= 15 is 0 Å². The lowest BCUT2D eigenvalue weighted by Gasteiger charge is -2.19. The van der Waals surface area contributed by atoms with Crippen LogP contribution >= 0.6 is 11.3 Å². The quantitative estimate of drug-likeness (QED) is 0.781. The number of aromatic nitrogens is 1. The molecular weight excluding hydrogens is 272 g/mol. The first-order valence-corrected chi connectivity index (χ1v) is 7.59. The van der Waals surface area contributed by atoms with E-state index in [0.717, 1.165) is 30.1 Å². The van der Waals surface area contributed by atoms with Crippen molar-refractivity contribution < 1.29 is 10.2 Å². The summed E-state index contributed by atoms with van der Waals surface area (Å²) in [4.78, 5) is 7.77. The van der Waals surface area contributed by atoms with Crippen molar-refractivity contribution in [3.63, 3.8) is 0 Å². The van der Waals surface area contributed by atoms with E-state index in [-0.39, 0.29) is 13.2 Å². The largest absolute Gasteiger partial charge is 0.396 e. The third-order valence-electron chi connectivity index (χ3n) is 3.00. The Morgan fingerprint density at radius 2 is 1.85 bits per heavy atom. The fourth-order valence-electron chi connectivity index (χ4n) is 2.02. The number of thiazole rings is 1. The van der Waals surface area contributed by atoms with Crippen LogP contribution in [0.1, 0.15) is 11.3 Å². The molecule has 20 heavy (non-hydrogen) atoms. The van der Waals surface area contributed by atoms with E-state index < -0.39 is 0 Å². The molecule has 0 spiro atoms. The first-order chi connectivity index (χ1) is 9.83. The Bertz CT molecular complexity index is 502. The fraction of sp³-hybridized carbons (Fsp3) is 0.400. The van der Waals surface area contributed by atoms with Gasteiger partial charge >= 0.3 is 0 Å². The van der Waals surface area contributed by atoms with E-state index in [9.17, 15) is 0 Å². The smallest absolute Gasteiger partial charge is 0.123 e. The molecule has 1 aromatic carbocycles. The van der Waals surface area contributed by atoms with Gasteiger partial charge < -0.3 is 10.2 Å². The van der Waals surface area contributed by atoms with Crippen molar-refractivity contribution in [2.75, 3.05) is 26.3 Å². The standard InChI is InChI=1S/C15H20N2O2S/c18-9-4-7-17(8-10-19)12-14-11-16-15(20-14)13-5-2-1-3-6-13/h1-3,5-6,11,18-19H,4,7-10,12H2. The summed E-state index contributed by atoms with van der Waals surface area (Å²) < 4.78 is 0. The second-order valence-corrected chi connectivity index (χ2v) is 5.69. The second kappa shape index (κ2) is 8.11. The minimum absolute atomic E-state index is 0.135. The van der Waals surface area contributed by atoms with Crippen LogP contribution in [-0.2, 0) is 6.54 Å². The van der Waals surface area contributed by atoms with Gasteiger partial charge in [-0.1, -0.05) is 30.3 Å². The lowest BCUT2D eigenvalue weighted by atomic mass is 10.2. The number of hydrogen-bond donors (Lipinski definition) is 2. The summed E-state index contributed by atoms with van der Waals surface area (Å²) in [6.07, 6.45) is 2.63. The molecule has 1 heterocycles. The average molecular weight is 292 g/mol. The molecule has 0 aliphatic heterocycles. The van der Waals surface area contributed by atoms with Crippen LogP contribution in [0.2, 0.25) is 0 Å². The molecule has 0 bridgehead atoms. The molecule has 108 valence electrons. The third-order valence-corrected chi connectivity index (χ3v) is 4.03. The summed E-state index contributed by atoms with van der Waals surface area (Å²) >= 11 is 1.68. The fourth-order valence-corrected chi connectivity index (χ4v) is 2.98. The molecule has 0 aliphatic rings. The van der Waals surface area contributed by atoms with Gasteiger partial charge in [0.15, 0.2) is 0 Å². The zero-order chi connectivity index (χ0) is 14.2. The van der Waals surface area contributed by atoms with Gasteiger partial charge in [-0.15, -0.1) is 11.3 Å². The Balaban J connectivity index is 2.00. The van der Waals surface area contributed by atoms with E-state index in [1.165, 1.54) is 4.88 Å². The molecule has 5 heteroatoms. The van der Waals surface area contributed by atoms with E-state index in [0.29, 0.717) is 6.54 Å². The number of rotatable bonds is 8. The molecule has 0 atom stereocenters. The molecule has 0 unspecified atom stereocenters. The minimum Gasteiger partial charge on any atom is -0.396 e. The van der Waals surface area contributed by atoms with Crippen molar-refractivity contribution >= 4 is 11.3 Å². The Labute approximate surface area is 123 Å². The monoisotopic (exact) mass is 292 g/mol. The van der Waals surface area contributed by atoms with Gasteiger partial charge in [0.25, 0.3) is 0 Å². The van der Waals surface area contributed by atoms with E-state index in [2.05, 4.69) is 22.0 Å². The highest BCUT2D eigenvalue weighted by Gasteiger charge is 2.09. The van der Waals surface area contributed by atoms with Crippen LogP contribution in [0.25, 0.3) is 10.6 Å². The molecule has 0 aliphatic carbocycles. The Hall–Kier alpha value is -1.27. The SMILES string of the molecule is OCCCN(CCO)Cc1cnc(-c2ccccc2)s1. The van der Waals surface area contributed by atoms with Crippen LogP contribution in [0.5, 0.6) is 0 Å². The lowest BCUT2D eigenvalue weighted by Crippen LogP contribution is -2.27. The number of nitrogens with zero attached hydrogens (tertiary/aromatic N) is 2. The summed E-state index contributed by atoms with van der Waals surface area (Å²) in [6, 6.07) is 10.1. The minimum atomic E-state index is 0.135. The zero-order valence-corrected chi connectivity index (χ0v) is 12.2. The van der Waals surface area contributed by atoms with E-state index in [1.54, 1.807) is 11.3 Å². The summed E-state index contributed by atoms with van der Waals surface area (Å²) in [5.74, 6) is 0. The predicted octanol–water partition coefficient (Wildman–Crippen LogP) is 1.99. The summed E-state index contributed by atoms with van der Waals surface area (Å²) in [7, 11) is 0. The van der Waals surface area contributed by atoms with Crippen LogP contribution in [-0.4, -0.2) is 46.4 Å². The zero-order valence-electron chi connectivity index (χ0n) is 11.4. The maximum absolute atomic E-state index is 9.08. The molecule has 0 saturated carbocycles. The van der Waals surface area contributed by atoms with Crippen molar-refractivity contribution in [2.45, 2.75) is 13.0 Å². The molecule has 0 radical (unpaired) electrons. The highest BCUT2D eigenvalue weighted by Crippen LogP contribution is 2.25. The summed E-state index contributed by atoms with van der Waals surface area (Å²) in [5, 5.41) is 19.0. The van der Waals surface area contributed by atoms with E-state index in [1.807, 2.05) is 24.4 Å². The maximum atomic E-state index is 9.08. The highest BCUT2D eigenvalue weighted by atomic mass is 32.1. The van der Waals surface area contributed by atoms with Crippen LogP contribution < -0.4 is 0 Å². The number of hydrogen-bond acceptors (Lipinski definition) is 5. The van der Waals surface area contributed by atoms with Gasteiger partial charge in [0.2, 0.25) is 0 Å². The van der Waals surface area contributed by atoms with Crippen LogP contribution in [0.15, 0.2) is 36.5 Å². The molecule has 0 amide bonds. The van der Waals surface area contributed by atoms with Gasteiger partial charge in [-0.05, 0) is 6.42 Å². The van der Waals surface area contributed by atoms with Crippen LogP contribution in [0.3, 0.4) is 0 Å². The van der Waals surface area contributed by atoms with Crippen LogP contribution in [0, 0.1) is 0 Å². The van der Waals surface area contributed by atoms with Crippen molar-refractivity contribution in [1.29, 1.82) is 0 Å². The molecule has 0 fully saturated rings. The first kappa shape index (κ1) is 15.1. The van der Waals surface area contributed by atoms with Gasteiger partial charge in [0.1, 0.15) is 5.01 Å². The number of benzene rings is 1.